The van der Waals surface area contributed by atoms with E-state index in [0.717, 1.165) is 24.9 Å². The maximum Gasteiger partial charge on any atom is 0.321 e. The van der Waals surface area contributed by atoms with Gasteiger partial charge in [0.1, 0.15) is 0 Å². The molecule has 0 spiro atoms. The molecule has 1 saturated heterocycles. The Morgan fingerprint density at radius 2 is 2.22 bits per heavy atom. The number of benzene rings is 1. The zero-order valence-electron chi connectivity index (χ0n) is 13.0. The Balaban J connectivity index is 0.00000192. The van der Waals surface area contributed by atoms with E-state index in [2.05, 4.69) is 10.6 Å². The molecular weight excluding hydrogens is 316 g/mol. The van der Waals surface area contributed by atoms with Crippen molar-refractivity contribution >= 4 is 30.0 Å². The van der Waals surface area contributed by atoms with E-state index >= 15 is 0 Å². The average molecular weight is 339 g/mol. The second-order valence-electron chi connectivity index (χ2n) is 5.94. The number of anilines is 1. The van der Waals surface area contributed by atoms with Crippen LogP contribution in [0.2, 0.25) is 0 Å². The van der Waals surface area contributed by atoms with Gasteiger partial charge in [-0.2, -0.15) is 0 Å². The highest BCUT2D eigenvalue weighted by Gasteiger charge is 2.31. The highest BCUT2D eigenvalue weighted by atomic mass is 35.5. The van der Waals surface area contributed by atoms with Crippen LogP contribution < -0.4 is 21.3 Å². The maximum atomic E-state index is 12.4. The van der Waals surface area contributed by atoms with Gasteiger partial charge in [0, 0.05) is 36.9 Å². The minimum absolute atomic E-state index is 0. The quantitative estimate of drug-likeness (QED) is 0.760. The first-order valence-electron chi connectivity index (χ1n) is 7.85. The van der Waals surface area contributed by atoms with Crippen molar-refractivity contribution in [3.8, 4) is 0 Å². The number of carbonyl (C=O) groups excluding carboxylic acids is 2. The summed E-state index contributed by atoms with van der Waals surface area (Å²) in [6.07, 6.45) is 3.17. The highest BCUT2D eigenvalue weighted by molar-refractivity contribution is 5.98. The predicted molar refractivity (Wildman–Crippen MR) is 92.1 cm³/mol. The summed E-state index contributed by atoms with van der Waals surface area (Å²) in [7, 11) is 0. The van der Waals surface area contributed by atoms with Gasteiger partial charge in [-0.15, -0.1) is 12.4 Å². The number of urea groups is 1. The third-order valence-corrected chi connectivity index (χ3v) is 4.26. The van der Waals surface area contributed by atoms with Crippen LogP contribution in [0.3, 0.4) is 0 Å². The number of hydrogen-bond acceptors (Lipinski definition) is 3. The van der Waals surface area contributed by atoms with Crippen LogP contribution in [0.1, 0.15) is 29.6 Å². The first-order valence-corrected chi connectivity index (χ1v) is 7.85. The van der Waals surface area contributed by atoms with Crippen LogP contribution in [0.15, 0.2) is 24.3 Å². The number of carbonyl (C=O) groups is 2. The topological polar surface area (TPSA) is 87.5 Å². The second-order valence-corrected chi connectivity index (χ2v) is 5.94. The second kappa shape index (κ2) is 7.66. The summed E-state index contributed by atoms with van der Waals surface area (Å²) in [5.74, 6) is 0.395. The number of rotatable bonds is 5. The van der Waals surface area contributed by atoms with Crippen molar-refractivity contribution in [2.24, 2.45) is 11.7 Å². The summed E-state index contributed by atoms with van der Waals surface area (Å²) in [4.78, 5) is 25.9. The van der Waals surface area contributed by atoms with Gasteiger partial charge >= 0.3 is 6.03 Å². The molecule has 2 fully saturated rings. The predicted octanol–water partition coefficient (Wildman–Crippen LogP) is 1.50. The van der Waals surface area contributed by atoms with Gasteiger partial charge in [0.05, 0.1) is 0 Å². The van der Waals surface area contributed by atoms with Gasteiger partial charge < -0.3 is 16.4 Å². The normalized spacial score (nSPS) is 18.7. The van der Waals surface area contributed by atoms with E-state index in [4.69, 9.17) is 5.73 Å². The van der Waals surface area contributed by atoms with Gasteiger partial charge in [-0.25, -0.2) is 4.79 Å². The van der Waals surface area contributed by atoms with E-state index in [9.17, 15) is 9.59 Å². The lowest BCUT2D eigenvalue weighted by Crippen LogP contribution is -2.46. The minimum atomic E-state index is -0.124. The molecule has 0 aromatic heterocycles. The van der Waals surface area contributed by atoms with Crippen LogP contribution in [0.5, 0.6) is 0 Å². The zero-order chi connectivity index (χ0) is 15.5. The van der Waals surface area contributed by atoms with Crippen molar-refractivity contribution in [3.05, 3.63) is 29.8 Å². The molecule has 23 heavy (non-hydrogen) atoms. The lowest BCUT2D eigenvalue weighted by atomic mass is 10.1. The Morgan fingerprint density at radius 3 is 2.87 bits per heavy atom. The summed E-state index contributed by atoms with van der Waals surface area (Å²) < 4.78 is 0. The summed E-state index contributed by atoms with van der Waals surface area (Å²) >= 11 is 0. The number of hydrogen-bond donors (Lipinski definition) is 3. The maximum absolute atomic E-state index is 12.4. The molecule has 126 valence electrons. The number of halogens is 1. The van der Waals surface area contributed by atoms with Crippen molar-refractivity contribution in [2.75, 3.05) is 24.5 Å². The summed E-state index contributed by atoms with van der Waals surface area (Å²) in [5.41, 5.74) is 7.04. The SMILES string of the molecule is Cl.NCC(NC(=O)c1cccc(N2CCCNC2=O)c1)C1CC1. The number of amides is 3. The molecule has 1 aliphatic carbocycles. The standard InChI is InChI=1S/C16H22N4O2.ClH/c17-10-14(11-5-6-11)19-15(21)12-3-1-4-13(9-12)20-8-2-7-18-16(20)22;/h1,3-4,9,11,14H,2,5-8,10,17H2,(H,18,22)(H,19,21);1H. The van der Waals surface area contributed by atoms with E-state index < -0.39 is 0 Å². The summed E-state index contributed by atoms with van der Waals surface area (Å²) in [6.45, 7) is 1.84. The molecule has 1 aliphatic heterocycles. The van der Waals surface area contributed by atoms with Crippen LogP contribution in [0, 0.1) is 5.92 Å². The lowest BCUT2D eigenvalue weighted by molar-refractivity contribution is 0.0933. The van der Waals surface area contributed by atoms with Crippen molar-refractivity contribution in [1.29, 1.82) is 0 Å². The molecule has 3 rings (SSSR count). The van der Waals surface area contributed by atoms with Crippen LogP contribution in [-0.4, -0.2) is 37.6 Å². The van der Waals surface area contributed by atoms with Crippen molar-refractivity contribution in [3.63, 3.8) is 0 Å². The van der Waals surface area contributed by atoms with Crippen LogP contribution in [0.4, 0.5) is 10.5 Å². The largest absolute Gasteiger partial charge is 0.348 e. The molecule has 0 radical (unpaired) electrons. The molecule has 7 heteroatoms. The van der Waals surface area contributed by atoms with E-state index in [1.165, 1.54) is 0 Å². The number of nitrogens with zero attached hydrogens (tertiary/aromatic N) is 1. The van der Waals surface area contributed by atoms with Gasteiger partial charge in [0.25, 0.3) is 5.91 Å². The van der Waals surface area contributed by atoms with Gasteiger partial charge in [-0.05, 0) is 43.4 Å². The Hall–Kier alpha value is -1.79. The molecule has 2 aliphatic rings. The van der Waals surface area contributed by atoms with Crippen molar-refractivity contribution in [1.82, 2.24) is 10.6 Å². The smallest absolute Gasteiger partial charge is 0.321 e. The van der Waals surface area contributed by atoms with Crippen molar-refractivity contribution < 1.29 is 9.59 Å². The van der Waals surface area contributed by atoms with E-state index in [1.807, 2.05) is 6.07 Å². The van der Waals surface area contributed by atoms with E-state index in [1.54, 1.807) is 23.1 Å². The van der Waals surface area contributed by atoms with Gasteiger partial charge in [0.2, 0.25) is 0 Å². The van der Waals surface area contributed by atoms with Gasteiger partial charge in [0.15, 0.2) is 0 Å². The molecule has 4 N–H and O–H groups in total. The lowest BCUT2D eigenvalue weighted by Gasteiger charge is -2.27. The fourth-order valence-electron chi connectivity index (χ4n) is 2.81. The van der Waals surface area contributed by atoms with Crippen LogP contribution in [0.25, 0.3) is 0 Å². The Labute approximate surface area is 142 Å². The monoisotopic (exact) mass is 338 g/mol. The van der Waals surface area contributed by atoms with Crippen LogP contribution in [-0.2, 0) is 0 Å². The Bertz CT molecular complexity index is 577. The molecule has 1 saturated carbocycles. The first-order chi connectivity index (χ1) is 10.7. The van der Waals surface area contributed by atoms with Crippen molar-refractivity contribution in [2.45, 2.75) is 25.3 Å². The molecule has 1 atom stereocenters. The van der Waals surface area contributed by atoms with Crippen LogP contribution >= 0.6 is 12.4 Å². The zero-order valence-corrected chi connectivity index (χ0v) is 13.8. The van der Waals surface area contributed by atoms with Gasteiger partial charge in [-0.3, -0.25) is 9.69 Å². The first kappa shape index (κ1) is 17.6. The fourth-order valence-corrected chi connectivity index (χ4v) is 2.81. The summed E-state index contributed by atoms with van der Waals surface area (Å²) in [5, 5.41) is 5.82. The Morgan fingerprint density at radius 1 is 1.43 bits per heavy atom. The molecule has 1 aromatic rings. The molecule has 3 amide bonds. The molecule has 0 bridgehead atoms. The summed E-state index contributed by atoms with van der Waals surface area (Å²) in [6, 6.07) is 7.13. The molecule has 1 unspecified atom stereocenters. The number of nitrogens with two attached hydrogens (primary N) is 1. The van der Waals surface area contributed by atoms with E-state index in [-0.39, 0.29) is 30.4 Å². The molecule has 1 heterocycles. The van der Waals surface area contributed by atoms with Gasteiger partial charge in [-0.1, -0.05) is 6.07 Å². The fraction of sp³-hybridized carbons (Fsp3) is 0.500. The number of nitrogens with one attached hydrogen (secondary N) is 2. The minimum Gasteiger partial charge on any atom is -0.348 e. The molecule has 1 aromatic carbocycles. The third-order valence-electron chi connectivity index (χ3n) is 4.26. The van der Waals surface area contributed by atoms with E-state index in [0.29, 0.717) is 31.1 Å². The average Bonchev–Trinajstić information content (AvgIpc) is 3.38. The Kier molecular flexibility index (Phi) is 5.85. The third kappa shape index (κ3) is 4.14. The molecular formula is C16H23ClN4O2. The highest BCUT2D eigenvalue weighted by Crippen LogP contribution is 2.32. The molecule has 6 nitrogen and oxygen atoms in total.